The van der Waals surface area contributed by atoms with Crippen molar-refractivity contribution in [2.75, 3.05) is 0 Å². The Morgan fingerprint density at radius 2 is 2.08 bits per heavy atom. The van der Waals surface area contributed by atoms with Crippen LogP contribution in [0.2, 0.25) is 0 Å². The van der Waals surface area contributed by atoms with Crippen molar-refractivity contribution >= 4 is 10.8 Å². The fourth-order valence-corrected chi connectivity index (χ4v) is 1.81. The lowest BCUT2D eigenvalue weighted by molar-refractivity contribution is 0.454. The van der Waals surface area contributed by atoms with Crippen LogP contribution in [0.1, 0.15) is 20.8 Å². The molecule has 0 amide bonds. The summed E-state index contributed by atoms with van der Waals surface area (Å²) in [7, 11) is -1.27. The van der Waals surface area contributed by atoms with Crippen molar-refractivity contribution in [2.45, 2.75) is 30.5 Å². The van der Waals surface area contributed by atoms with Crippen LogP contribution in [-0.4, -0.2) is 19.0 Å². The number of rotatable bonds is 1. The molecule has 72 valence electrons. The molecule has 0 bridgehead atoms. The molecule has 0 radical (unpaired) electrons. The third-order valence-corrected chi connectivity index (χ3v) is 3.26. The predicted octanol–water partition coefficient (Wildman–Crippen LogP) is 1.69. The summed E-state index contributed by atoms with van der Waals surface area (Å²) in [6, 6.07) is 3.10. The van der Waals surface area contributed by atoms with E-state index in [1.54, 1.807) is 6.07 Å². The molecule has 0 spiro atoms. The molecule has 1 heterocycles. The minimum Gasteiger partial charge on any atom is -0.505 e. The van der Waals surface area contributed by atoms with Crippen molar-refractivity contribution in [1.82, 2.24) is 4.98 Å². The van der Waals surface area contributed by atoms with Crippen LogP contribution in [-0.2, 0) is 10.8 Å². The molecule has 0 aliphatic heterocycles. The van der Waals surface area contributed by atoms with Crippen LogP contribution in [0.4, 0.5) is 0 Å². The fourth-order valence-electron chi connectivity index (χ4n) is 0.815. The minimum atomic E-state index is -1.27. The average Bonchev–Trinajstić information content (AvgIpc) is 2.02. The fraction of sp³-hybridized carbons (Fsp3) is 0.444. The monoisotopic (exact) mass is 199 g/mol. The van der Waals surface area contributed by atoms with E-state index in [1.807, 2.05) is 20.8 Å². The van der Waals surface area contributed by atoms with Crippen LogP contribution in [0, 0.1) is 0 Å². The molecule has 0 unspecified atom stereocenters. The molecule has 1 aromatic heterocycles. The maximum Gasteiger partial charge on any atom is 0.169 e. The lowest BCUT2D eigenvalue weighted by atomic mass is 10.3. The number of hydrogen-bond donors (Lipinski definition) is 1. The van der Waals surface area contributed by atoms with Gasteiger partial charge in [-0.3, -0.25) is 4.21 Å². The SMILES string of the molecule is CC(C)(C)[S@](=O)c1ncccc1O. The summed E-state index contributed by atoms with van der Waals surface area (Å²) in [5.74, 6) is -0.00393. The van der Waals surface area contributed by atoms with E-state index in [0.717, 1.165) is 0 Å². The molecule has 1 N–H and O–H groups in total. The predicted molar refractivity (Wildman–Crippen MR) is 52.1 cm³/mol. The molecule has 0 aliphatic carbocycles. The molecule has 1 aromatic rings. The highest BCUT2D eigenvalue weighted by Gasteiger charge is 2.24. The van der Waals surface area contributed by atoms with E-state index in [-0.39, 0.29) is 10.8 Å². The average molecular weight is 199 g/mol. The normalized spacial score (nSPS) is 14.1. The van der Waals surface area contributed by atoms with Crippen molar-refractivity contribution < 1.29 is 9.32 Å². The first kappa shape index (κ1) is 10.2. The van der Waals surface area contributed by atoms with Gasteiger partial charge >= 0.3 is 0 Å². The topological polar surface area (TPSA) is 50.2 Å². The van der Waals surface area contributed by atoms with Crippen LogP contribution < -0.4 is 0 Å². The van der Waals surface area contributed by atoms with E-state index < -0.39 is 15.5 Å². The van der Waals surface area contributed by atoms with Gasteiger partial charge in [-0.15, -0.1) is 0 Å². The molecule has 0 aliphatic rings. The minimum absolute atomic E-state index is 0.00393. The second-order valence-electron chi connectivity index (χ2n) is 3.71. The maximum absolute atomic E-state index is 11.8. The van der Waals surface area contributed by atoms with Crippen molar-refractivity contribution in [3.05, 3.63) is 18.3 Å². The zero-order chi connectivity index (χ0) is 10.1. The second-order valence-corrected chi connectivity index (χ2v) is 5.86. The highest BCUT2D eigenvalue weighted by Crippen LogP contribution is 2.24. The van der Waals surface area contributed by atoms with Gasteiger partial charge in [0.1, 0.15) is 5.75 Å². The van der Waals surface area contributed by atoms with Gasteiger partial charge in [0.15, 0.2) is 5.03 Å². The Morgan fingerprint density at radius 1 is 1.46 bits per heavy atom. The molecular weight excluding hydrogens is 186 g/mol. The van der Waals surface area contributed by atoms with E-state index >= 15 is 0 Å². The summed E-state index contributed by atoms with van der Waals surface area (Å²) in [5.41, 5.74) is 0. The van der Waals surface area contributed by atoms with E-state index in [2.05, 4.69) is 4.98 Å². The quantitative estimate of drug-likeness (QED) is 0.748. The molecule has 0 aromatic carbocycles. The Kier molecular flexibility index (Phi) is 2.71. The Bertz CT molecular complexity index is 331. The van der Waals surface area contributed by atoms with Crippen LogP contribution >= 0.6 is 0 Å². The standard InChI is InChI=1S/C9H13NO2S/c1-9(2,3)13(12)8-7(11)5-4-6-10-8/h4-6,11H,1-3H3/t13-/m1/s1. The summed E-state index contributed by atoms with van der Waals surface area (Å²) < 4.78 is 11.4. The van der Waals surface area contributed by atoms with Crippen molar-refractivity contribution in [1.29, 1.82) is 0 Å². The van der Waals surface area contributed by atoms with E-state index in [1.165, 1.54) is 12.3 Å². The number of nitrogens with zero attached hydrogens (tertiary/aromatic N) is 1. The van der Waals surface area contributed by atoms with Gasteiger partial charge in [0, 0.05) is 10.9 Å². The van der Waals surface area contributed by atoms with E-state index in [4.69, 9.17) is 0 Å². The van der Waals surface area contributed by atoms with Gasteiger partial charge in [-0.1, -0.05) is 0 Å². The first-order valence-corrected chi connectivity index (χ1v) is 5.14. The molecule has 1 rings (SSSR count). The summed E-state index contributed by atoms with van der Waals surface area (Å²) in [5, 5.41) is 9.65. The van der Waals surface area contributed by atoms with E-state index in [0.29, 0.717) is 0 Å². The van der Waals surface area contributed by atoms with Crippen LogP contribution in [0.3, 0.4) is 0 Å². The molecule has 1 atom stereocenters. The number of aromatic nitrogens is 1. The Labute approximate surface area is 80.3 Å². The maximum atomic E-state index is 11.8. The number of hydrogen-bond acceptors (Lipinski definition) is 3. The highest BCUT2D eigenvalue weighted by molar-refractivity contribution is 7.86. The van der Waals surface area contributed by atoms with Crippen molar-refractivity contribution in [3.63, 3.8) is 0 Å². The van der Waals surface area contributed by atoms with Gasteiger partial charge in [0.05, 0.1) is 10.8 Å². The smallest absolute Gasteiger partial charge is 0.169 e. The van der Waals surface area contributed by atoms with Gasteiger partial charge in [-0.25, -0.2) is 4.98 Å². The Morgan fingerprint density at radius 3 is 2.54 bits per heavy atom. The number of aromatic hydroxyl groups is 1. The van der Waals surface area contributed by atoms with E-state index in [9.17, 15) is 9.32 Å². The van der Waals surface area contributed by atoms with Crippen LogP contribution in [0.5, 0.6) is 5.75 Å². The summed E-state index contributed by atoms with van der Waals surface area (Å²) in [6.45, 7) is 5.53. The van der Waals surface area contributed by atoms with Crippen LogP contribution in [0.25, 0.3) is 0 Å². The highest BCUT2D eigenvalue weighted by atomic mass is 32.2. The first-order valence-electron chi connectivity index (χ1n) is 3.99. The Balaban J connectivity index is 3.10. The summed E-state index contributed by atoms with van der Waals surface area (Å²) in [4.78, 5) is 3.89. The molecule has 3 nitrogen and oxygen atoms in total. The van der Waals surface area contributed by atoms with Crippen LogP contribution in [0.15, 0.2) is 23.4 Å². The Hall–Kier alpha value is -0.900. The molecule has 0 saturated heterocycles. The second kappa shape index (κ2) is 3.46. The summed E-state index contributed by atoms with van der Waals surface area (Å²) >= 11 is 0. The third kappa shape index (κ3) is 2.28. The number of pyridine rings is 1. The van der Waals surface area contributed by atoms with Gasteiger partial charge in [-0.05, 0) is 32.9 Å². The third-order valence-electron chi connectivity index (χ3n) is 1.48. The van der Waals surface area contributed by atoms with Crippen molar-refractivity contribution in [2.24, 2.45) is 0 Å². The molecule has 4 heteroatoms. The van der Waals surface area contributed by atoms with Gasteiger partial charge in [0.25, 0.3) is 0 Å². The zero-order valence-corrected chi connectivity index (χ0v) is 8.76. The molecular formula is C9H13NO2S. The van der Waals surface area contributed by atoms with Gasteiger partial charge < -0.3 is 5.11 Å². The largest absolute Gasteiger partial charge is 0.505 e. The summed E-state index contributed by atoms with van der Waals surface area (Å²) in [6.07, 6.45) is 1.53. The van der Waals surface area contributed by atoms with Crippen molar-refractivity contribution in [3.8, 4) is 5.75 Å². The molecule has 0 saturated carbocycles. The zero-order valence-electron chi connectivity index (χ0n) is 7.94. The molecule has 0 fully saturated rings. The molecule has 13 heavy (non-hydrogen) atoms. The lowest BCUT2D eigenvalue weighted by Gasteiger charge is -2.17. The van der Waals surface area contributed by atoms with Gasteiger partial charge in [-0.2, -0.15) is 0 Å². The van der Waals surface area contributed by atoms with Gasteiger partial charge in [0.2, 0.25) is 0 Å². The lowest BCUT2D eigenvalue weighted by Crippen LogP contribution is -2.22. The first-order chi connectivity index (χ1) is 5.93.